The van der Waals surface area contributed by atoms with Crippen LogP contribution in [-0.4, -0.2) is 27.9 Å². The van der Waals surface area contributed by atoms with Gasteiger partial charge in [0.25, 0.3) is 5.91 Å². The number of carboxylic acid groups (broad SMARTS) is 1. The molecule has 2 aliphatic rings. The van der Waals surface area contributed by atoms with Crippen molar-refractivity contribution in [3.8, 4) is 0 Å². The average Bonchev–Trinajstić information content (AvgIpc) is 2.54. The quantitative estimate of drug-likeness (QED) is 0.927. The number of aryl methyl sites for hydroxylation is 2. The van der Waals surface area contributed by atoms with E-state index in [4.69, 9.17) is 0 Å². The second-order valence-electron chi connectivity index (χ2n) is 6.24. The highest BCUT2D eigenvalue weighted by Crippen LogP contribution is 2.28. The molecule has 1 atom stereocenters. The number of aliphatic carboxylic acids is 1. The van der Waals surface area contributed by atoms with Crippen LogP contribution in [0.3, 0.4) is 0 Å². The van der Waals surface area contributed by atoms with Crippen molar-refractivity contribution >= 4 is 11.9 Å². The summed E-state index contributed by atoms with van der Waals surface area (Å²) in [4.78, 5) is 26.0. The maximum absolute atomic E-state index is 12.9. The van der Waals surface area contributed by atoms with E-state index in [9.17, 15) is 14.7 Å². The second kappa shape index (κ2) is 5.23. The molecule has 116 valence electrons. The maximum Gasteiger partial charge on any atom is 0.326 e. The zero-order valence-corrected chi connectivity index (χ0v) is 12.7. The number of amides is 1. The molecule has 0 saturated carbocycles. The lowest BCUT2D eigenvalue weighted by Gasteiger charge is -2.34. The first-order valence-electron chi connectivity index (χ1n) is 7.86. The number of carbonyl (C=O) groups excluding carboxylic acids is 1. The van der Waals surface area contributed by atoms with Crippen LogP contribution in [0, 0.1) is 0 Å². The lowest BCUT2D eigenvalue weighted by molar-refractivity contribution is -0.142. The van der Waals surface area contributed by atoms with E-state index in [0.717, 1.165) is 24.0 Å². The Bertz CT molecular complexity index is 812. The van der Waals surface area contributed by atoms with Crippen LogP contribution in [0.5, 0.6) is 0 Å². The Morgan fingerprint density at radius 2 is 1.70 bits per heavy atom. The fourth-order valence-corrected chi connectivity index (χ4v) is 3.45. The third-order valence-corrected chi connectivity index (χ3v) is 4.91. The van der Waals surface area contributed by atoms with E-state index < -0.39 is 12.0 Å². The molecule has 0 fully saturated rings. The molecule has 23 heavy (non-hydrogen) atoms. The van der Waals surface area contributed by atoms with Crippen molar-refractivity contribution < 1.29 is 14.7 Å². The van der Waals surface area contributed by atoms with Crippen molar-refractivity contribution in [3.63, 3.8) is 0 Å². The molecule has 0 spiro atoms. The molecule has 4 nitrogen and oxygen atoms in total. The van der Waals surface area contributed by atoms with Crippen LogP contribution in [-0.2, 0) is 30.6 Å². The molecule has 0 bridgehead atoms. The molecule has 2 aromatic carbocycles. The van der Waals surface area contributed by atoms with Crippen molar-refractivity contribution in [1.82, 2.24) is 4.90 Å². The number of carbonyl (C=O) groups is 2. The van der Waals surface area contributed by atoms with Crippen LogP contribution >= 0.6 is 0 Å². The Hall–Kier alpha value is -2.62. The van der Waals surface area contributed by atoms with Gasteiger partial charge in [-0.25, -0.2) is 4.79 Å². The van der Waals surface area contributed by atoms with Gasteiger partial charge < -0.3 is 10.0 Å². The Kier molecular flexibility index (Phi) is 3.18. The normalized spacial score (nSPS) is 18.6. The fourth-order valence-electron chi connectivity index (χ4n) is 3.45. The topological polar surface area (TPSA) is 57.6 Å². The molecule has 2 aromatic rings. The summed E-state index contributed by atoms with van der Waals surface area (Å²) < 4.78 is 0. The minimum Gasteiger partial charge on any atom is -0.480 e. The molecular weight excluding hydrogens is 290 g/mol. The smallest absolute Gasteiger partial charge is 0.326 e. The van der Waals surface area contributed by atoms with Gasteiger partial charge >= 0.3 is 5.97 Å². The van der Waals surface area contributed by atoms with Crippen LogP contribution in [0.1, 0.15) is 32.6 Å². The Labute approximate surface area is 134 Å². The van der Waals surface area contributed by atoms with Gasteiger partial charge in [-0.3, -0.25) is 4.79 Å². The molecule has 1 amide bonds. The van der Waals surface area contributed by atoms with Crippen LogP contribution in [0.15, 0.2) is 42.5 Å². The van der Waals surface area contributed by atoms with E-state index in [2.05, 4.69) is 0 Å². The van der Waals surface area contributed by atoms with Crippen LogP contribution < -0.4 is 0 Å². The van der Waals surface area contributed by atoms with Crippen molar-refractivity contribution in [2.75, 3.05) is 0 Å². The third-order valence-electron chi connectivity index (χ3n) is 4.91. The van der Waals surface area contributed by atoms with Gasteiger partial charge in [-0.15, -0.1) is 0 Å². The van der Waals surface area contributed by atoms with Crippen molar-refractivity contribution in [1.29, 1.82) is 0 Å². The van der Waals surface area contributed by atoms with E-state index in [1.165, 1.54) is 16.0 Å². The lowest BCUT2D eigenvalue weighted by atomic mass is 9.86. The van der Waals surface area contributed by atoms with Crippen LogP contribution in [0.4, 0.5) is 0 Å². The van der Waals surface area contributed by atoms with Gasteiger partial charge in [0.2, 0.25) is 0 Å². The van der Waals surface area contributed by atoms with Gasteiger partial charge in [-0.1, -0.05) is 30.3 Å². The van der Waals surface area contributed by atoms with E-state index in [1.807, 2.05) is 42.5 Å². The summed E-state index contributed by atoms with van der Waals surface area (Å²) >= 11 is 0. The number of fused-ring (bicyclic) bond motifs is 2. The van der Waals surface area contributed by atoms with Crippen LogP contribution in [0.25, 0.3) is 0 Å². The average molecular weight is 307 g/mol. The summed E-state index contributed by atoms with van der Waals surface area (Å²) in [5.74, 6) is -1.14. The molecule has 4 rings (SSSR count). The molecule has 4 heteroatoms. The molecule has 1 N–H and O–H groups in total. The lowest BCUT2D eigenvalue weighted by Crippen LogP contribution is -2.48. The van der Waals surface area contributed by atoms with Gasteiger partial charge in [-0.2, -0.15) is 0 Å². The first-order chi connectivity index (χ1) is 11.1. The molecule has 1 heterocycles. The third kappa shape index (κ3) is 2.31. The minimum absolute atomic E-state index is 0.193. The highest BCUT2D eigenvalue weighted by Gasteiger charge is 2.35. The number of hydrogen-bond donors (Lipinski definition) is 1. The summed E-state index contributed by atoms with van der Waals surface area (Å²) in [5.41, 5.74) is 5.14. The maximum atomic E-state index is 12.9. The fraction of sp³-hybridized carbons (Fsp3) is 0.263. The van der Waals surface area contributed by atoms with Crippen molar-refractivity contribution in [2.45, 2.75) is 31.8 Å². The van der Waals surface area contributed by atoms with Crippen molar-refractivity contribution in [3.05, 3.63) is 70.3 Å². The van der Waals surface area contributed by atoms with E-state index in [1.54, 1.807) is 0 Å². The zero-order chi connectivity index (χ0) is 16.0. The highest BCUT2D eigenvalue weighted by atomic mass is 16.4. The molecule has 0 radical (unpaired) electrons. The Morgan fingerprint density at radius 1 is 0.957 bits per heavy atom. The minimum atomic E-state index is -0.947. The summed E-state index contributed by atoms with van der Waals surface area (Å²) in [6.07, 6.45) is 2.43. The van der Waals surface area contributed by atoms with Gasteiger partial charge in [0, 0.05) is 18.5 Å². The second-order valence-corrected chi connectivity index (χ2v) is 6.24. The first kappa shape index (κ1) is 14.0. The van der Waals surface area contributed by atoms with E-state index >= 15 is 0 Å². The van der Waals surface area contributed by atoms with Gasteiger partial charge in [0.15, 0.2) is 0 Å². The van der Waals surface area contributed by atoms with E-state index in [-0.39, 0.29) is 5.91 Å². The number of benzene rings is 2. The van der Waals surface area contributed by atoms with Gasteiger partial charge in [-0.05, 0) is 47.2 Å². The largest absolute Gasteiger partial charge is 0.480 e. The monoisotopic (exact) mass is 307 g/mol. The highest BCUT2D eigenvalue weighted by molar-refractivity contribution is 5.97. The SMILES string of the molecule is O=C(O)[C@@H]1Cc2ccccc2CN1C(=O)c1ccc2c(c1)CC2. The Balaban J connectivity index is 1.69. The van der Waals surface area contributed by atoms with Gasteiger partial charge in [0.1, 0.15) is 6.04 Å². The molecule has 0 unspecified atom stereocenters. The number of nitrogens with zero attached hydrogens (tertiary/aromatic N) is 1. The molecule has 1 aliphatic carbocycles. The number of hydrogen-bond acceptors (Lipinski definition) is 2. The standard InChI is InChI=1S/C19H17NO3/c21-18(15-8-6-12-5-7-14(12)9-15)20-11-16-4-2-1-3-13(16)10-17(20)19(22)23/h1-4,6,8-9,17H,5,7,10-11H2,(H,22,23)/t17-/m0/s1. The predicted molar refractivity (Wildman–Crippen MR) is 85.3 cm³/mol. The van der Waals surface area contributed by atoms with Crippen molar-refractivity contribution in [2.24, 2.45) is 0 Å². The number of rotatable bonds is 2. The molecule has 1 aliphatic heterocycles. The summed E-state index contributed by atoms with van der Waals surface area (Å²) in [5, 5.41) is 9.55. The summed E-state index contributed by atoms with van der Waals surface area (Å²) in [7, 11) is 0. The predicted octanol–water partition coefficient (Wildman–Crippen LogP) is 2.44. The molecule has 0 aromatic heterocycles. The zero-order valence-electron chi connectivity index (χ0n) is 12.7. The molecule has 0 saturated heterocycles. The molecular formula is C19H17NO3. The number of carboxylic acids is 1. The first-order valence-corrected chi connectivity index (χ1v) is 7.86. The summed E-state index contributed by atoms with van der Waals surface area (Å²) in [6.45, 7) is 0.350. The van der Waals surface area contributed by atoms with Crippen LogP contribution in [0.2, 0.25) is 0 Å². The summed E-state index contributed by atoms with van der Waals surface area (Å²) in [6, 6.07) is 12.7. The van der Waals surface area contributed by atoms with Gasteiger partial charge in [0.05, 0.1) is 0 Å². The Morgan fingerprint density at radius 3 is 2.35 bits per heavy atom. The van der Waals surface area contributed by atoms with E-state index in [0.29, 0.717) is 18.5 Å².